The molecule has 1 N–H and O–H groups in total. The van der Waals surface area contributed by atoms with Gasteiger partial charge in [0.25, 0.3) is 0 Å². The van der Waals surface area contributed by atoms with E-state index in [1.54, 1.807) is 6.07 Å². The van der Waals surface area contributed by atoms with Crippen LogP contribution in [0.4, 0.5) is 15.8 Å². The lowest BCUT2D eigenvalue weighted by atomic mass is 10.1. The Kier molecular flexibility index (Phi) is 4.15. The third-order valence-corrected chi connectivity index (χ3v) is 6.76. The van der Waals surface area contributed by atoms with Gasteiger partial charge in [-0.1, -0.05) is 72.8 Å². The average molecular weight is 445 g/mol. The first-order valence-corrected chi connectivity index (χ1v) is 11.5. The molecule has 1 aliphatic rings. The predicted octanol–water partition coefficient (Wildman–Crippen LogP) is 8.01. The second-order valence-electron chi connectivity index (χ2n) is 8.84. The first-order valence-electron chi connectivity index (χ1n) is 11.5. The summed E-state index contributed by atoms with van der Waals surface area (Å²) in [5.74, 6) is -0.295. The molecule has 0 spiro atoms. The fourth-order valence-electron chi connectivity index (χ4n) is 5.16. The molecule has 0 saturated carbocycles. The molecule has 1 aromatic heterocycles. The number of benzene rings is 5. The van der Waals surface area contributed by atoms with Crippen molar-refractivity contribution in [3.8, 4) is 0 Å². The summed E-state index contributed by atoms with van der Waals surface area (Å²) in [7, 11) is 0. The SMILES string of the molecule is Fc1ccc2c(c1)oc1c(C3Nc4cc5ccccc5cc4N3Cc3ccccc3)cccc12. The van der Waals surface area contributed by atoms with Gasteiger partial charge in [0, 0.05) is 28.9 Å². The summed E-state index contributed by atoms with van der Waals surface area (Å²) in [5.41, 5.74) is 5.87. The molecule has 0 aliphatic carbocycles. The molecule has 1 aliphatic heterocycles. The van der Waals surface area contributed by atoms with E-state index in [-0.39, 0.29) is 12.0 Å². The van der Waals surface area contributed by atoms with Crippen LogP contribution in [0, 0.1) is 5.82 Å². The minimum Gasteiger partial charge on any atom is -0.456 e. The van der Waals surface area contributed by atoms with Crippen molar-refractivity contribution in [3.63, 3.8) is 0 Å². The van der Waals surface area contributed by atoms with Gasteiger partial charge in [-0.3, -0.25) is 0 Å². The minimum atomic E-state index is -0.295. The van der Waals surface area contributed by atoms with Crippen LogP contribution in [0.25, 0.3) is 32.7 Å². The number of rotatable bonds is 3. The summed E-state index contributed by atoms with van der Waals surface area (Å²) < 4.78 is 20.2. The van der Waals surface area contributed by atoms with Crippen LogP contribution in [-0.4, -0.2) is 0 Å². The highest BCUT2D eigenvalue weighted by molar-refractivity contribution is 6.06. The van der Waals surface area contributed by atoms with Crippen molar-refractivity contribution in [1.29, 1.82) is 0 Å². The van der Waals surface area contributed by atoms with Crippen LogP contribution in [-0.2, 0) is 6.54 Å². The Morgan fingerprint density at radius 3 is 2.41 bits per heavy atom. The second-order valence-corrected chi connectivity index (χ2v) is 8.84. The molecule has 164 valence electrons. The van der Waals surface area contributed by atoms with E-state index in [1.807, 2.05) is 12.1 Å². The van der Waals surface area contributed by atoms with Gasteiger partial charge in [0.15, 0.2) is 0 Å². The topological polar surface area (TPSA) is 28.4 Å². The molecule has 0 radical (unpaired) electrons. The van der Waals surface area contributed by atoms with Crippen molar-refractivity contribution in [2.75, 3.05) is 10.2 Å². The van der Waals surface area contributed by atoms with Gasteiger partial charge < -0.3 is 14.6 Å². The van der Waals surface area contributed by atoms with Crippen LogP contribution in [0.3, 0.4) is 0 Å². The molecule has 4 heteroatoms. The van der Waals surface area contributed by atoms with Crippen LogP contribution in [0.1, 0.15) is 17.3 Å². The van der Waals surface area contributed by atoms with Crippen molar-refractivity contribution < 1.29 is 8.81 Å². The molecule has 6 aromatic rings. The van der Waals surface area contributed by atoms with E-state index in [2.05, 4.69) is 83.0 Å². The standard InChI is InChI=1S/C30H21FN2O/c31-22-13-14-23-24-11-6-12-25(29(24)34-28(23)17-22)30-32-26-15-20-9-4-5-10-21(20)16-27(26)33(30)18-19-7-2-1-3-8-19/h1-17,30,32H,18H2. The number of anilines is 2. The molecule has 0 fully saturated rings. The minimum absolute atomic E-state index is 0.124. The smallest absolute Gasteiger partial charge is 0.142 e. The van der Waals surface area contributed by atoms with E-state index in [9.17, 15) is 4.39 Å². The third kappa shape index (κ3) is 2.96. The zero-order chi connectivity index (χ0) is 22.6. The van der Waals surface area contributed by atoms with Crippen molar-refractivity contribution >= 4 is 44.1 Å². The van der Waals surface area contributed by atoms with E-state index >= 15 is 0 Å². The van der Waals surface area contributed by atoms with Gasteiger partial charge >= 0.3 is 0 Å². The molecule has 0 saturated heterocycles. The highest BCUT2D eigenvalue weighted by Crippen LogP contribution is 2.46. The van der Waals surface area contributed by atoms with Crippen molar-refractivity contribution in [2.24, 2.45) is 0 Å². The largest absolute Gasteiger partial charge is 0.456 e. The van der Waals surface area contributed by atoms with Crippen molar-refractivity contribution in [1.82, 2.24) is 0 Å². The lowest BCUT2D eigenvalue weighted by molar-refractivity contribution is 0.614. The summed E-state index contributed by atoms with van der Waals surface area (Å²) in [4.78, 5) is 2.39. The average Bonchev–Trinajstić information content (AvgIpc) is 3.40. The summed E-state index contributed by atoms with van der Waals surface area (Å²) in [6.07, 6.45) is -0.124. The maximum absolute atomic E-state index is 13.9. The van der Waals surface area contributed by atoms with Crippen LogP contribution >= 0.6 is 0 Å². The van der Waals surface area contributed by atoms with Crippen LogP contribution in [0.2, 0.25) is 0 Å². The van der Waals surface area contributed by atoms with E-state index in [0.29, 0.717) is 5.58 Å². The summed E-state index contributed by atoms with van der Waals surface area (Å²) in [6, 6.07) is 34.3. The normalized spacial score (nSPS) is 15.2. The van der Waals surface area contributed by atoms with Gasteiger partial charge in [-0.2, -0.15) is 0 Å². The zero-order valence-corrected chi connectivity index (χ0v) is 18.3. The third-order valence-electron chi connectivity index (χ3n) is 6.76. The number of nitrogens with one attached hydrogen (secondary N) is 1. The van der Waals surface area contributed by atoms with Gasteiger partial charge in [-0.15, -0.1) is 0 Å². The van der Waals surface area contributed by atoms with Gasteiger partial charge in [0.05, 0.1) is 11.4 Å². The van der Waals surface area contributed by atoms with Crippen LogP contribution in [0.5, 0.6) is 0 Å². The lowest BCUT2D eigenvalue weighted by Crippen LogP contribution is -2.27. The first kappa shape index (κ1) is 19.2. The van der Waals surface area contributed by atoms with Crippen LogP contribution < -0.4 is 10.2 Å². The number of nitrogens with zero attached hydrogens (tertiary/aromatic N) is 1. The Bertz CT molecular complexity index is 1690. The highest BCUT2D eigenvalue weighted by atomic mass is 19.1. The number of halogens is 1. The number of hydrogen-bond acceptors (Lipinski definition) is 3. The molecule has 1 unspecified atom stereocenters. The second kappa shape index (κ2) is 7.35. The first-order chi connectivity index (χ1) is 16.7. The highest BCUT2D eigenvalue weighted by Gasteiger charge is 2.32. The zero-order valence-electron chi connectivity index (χ0n) is 18.3. The number of hydrogen-bond donors (Lipinski definition) is 1. The molecule has 2 heterocycles. The Morgan fingerprint density at radius 2 is 1.56 bits per heavy atom. The molecule has 34 heavy (non-hydrogen) atoms. The quantitative estimate of drug-likeness (QED) is 0.300. The number of fused-ring (bicyclic) bond motifs is 5. The number of para-hydroxylation sites is 1. The monoisotopic (exact) mass is 444 g/mol. The van der Waals surface area contributed by atoms with E-state index in [4.69, 9.17) is 4.42 Å². The summed E-state index contributed by atoms with van der Waals surface area (Å²) in [5, 5.41) is 8.08. The molecular weight excluding hydrogens is 423 g/mol. The molecule has 7 rings (SSSR count). The van der Waals surface area contributed by atoms with Crippen molar-refractivity contribution in [2.45, 2.75) is 12.7 Å². The van der Waals surface area contributed by atoms with Gasteiger partial charge in [-0.05, 0) is 40.6 Å². The molecule has 0 amide bonds. The predicted molar refractivity (Wildman–Crippen MR) is 137 cm³/mol. The fraction of sp³-hybridized carbons (Fsp3) is 0.0667. The Balaban J connectivity index is 1.42. The van der Waals surface area contributed by atoms with Crippen LogP contribution in [0.15, 0.2) is 108 Å². The maximum Gasteiger partial charge on any atom is 0.142 e. The van der Waals surface area contributed by atoms with Gasteiger partial charge in [0.1, 0.15) is 23.1 Å². The molecule has 5 aromatic carbocycles. The van der Waals surface area contributed by atoms with E-state index in [0.717, 1.165) is 39.8 Å². The van der Waals surface area contributed by atoms with Gasteiger partial charge in [0.2, 0.25) is 0 Å². The van der Waals surface area contributed by atoms with E-state index < -0.39 is 0 Å². The fourth-order valence-corrected chi connectivity index (χ4v) is 5.16. The molecular formula is C30H21FN2O. The Labute approximate surface area is 196 Å². The molecule has 1 atom stereocenters. The molecule has 0 bridgehead atoms. The molecule has 3 nitrogen and oxygen atoms in total. The number of furan rings is 1. The summed E-state index contributed by atoms with van der Waals surface area (Å²) >= 11 is 0. The van der Waals surface area contributed by atoms with Crippen molar-refractivity contribution in [3.05, 3.63) is 120 Å². The lowest BCUT2D eigenvalue weighted by Gasteiger charge is -2.27. The summed E-state index contributed by atoms with van der Waals surface area (Å²) in [6.45, 7) is 0.745. The Morgan fingerprint density at radius 1 is 0.765 bits per heavy atom. The van der Waals surface area contributed by atoms with Gasteiger partial charge in [-0.25, -0.2) is 4.39 Å². The van der Waals surface area contributed by atoms with E-state index in [1.165, 1.54) is 28.5 Å². The maximum atomic E-state index is 13.9. The Hall–Kier alpha value is -4.31.